The van der Waals surface area contributed by atoms with Crippen LogP contribution in [0.4, 0.5) is 11.5 Å². The minimum atomic E-state index is 0.132. The minimum Gasteiger partial charge on any atom is -0.497 e. The van der Waals surface area contributed by atoms with Crippen LogP contribution < -0.4 is 15.8 Å². The second-order valence-corrected chi connectivity index (χ2v) is 5.43. The molecule has 0 saturated heterocycles. The van der Waals surface area contributed by atoms with E-state index < -0.39 is 0 Å². The number of halogens is 1. The van der Waals surface area contributed by atoms with E-state index in [1.54, 1.807) is 13.3 Å². The third-order valence-electron chi connectivity index (χ3n) is 3.27. The second kappa shape index (κ2) is 6.13. The van der Waals surface area contributed by atoms with Crippen molar-refractivity contribution in [1.82, 2.24) is 4.98 Å². The fourth-order valence-electron chi connectivity index (χ4n) is 1.87. The maximum atomic E-state index is 5.83. The highest BCUT2D eigenvalue weighted by atomic mass is 79.9. The molecule has 0 radical (unpaired) electrons. The molecule has 0 amide bonds. The molecule has 1 aromatic heterocycles. The third-order valence-corrected chi connectivity index (χ3v) is 4.24. The SMILES string of the molecule is COc1ccc(C(C)Nc2ncc(N)c(C)c2Br)cc1. The number of nitrogens with one attached hydrogen (secondary N) is 1. The summed E-state index contributed by atoms with van der Waals surface area (Å²) in [6, 6.07) is 8.10. The lowest BCUT2D eigenvalue weighted by Gasteiger charge is -2.17. The van der Waals surface area contributed by atoms with Crippen molar-refractivity contribution < 1.29 is 4.74 Å². The molecule has 3 N–H and O–H groups in total. The van der Waals surface area contributed by atoms with E-state index in [2.05, 4.69) is 33.2 Å². The van der Waals surface area contributed by atoms with Gasteiger partial charge in [0.25, 0.3) is 0 Å². The van der Waals surface area contributed by atoms with Gasteiger partial charge in [-0.25, -0.2) is 4.98 Å². The molecule has 0 bridgehead atoms. The van der Waals surface area contributed by atoms with Crippen LogP contribution in [0.5, 0.6) is 5.75 Å². The summed E-state index contributed by atoms with van der Waals surface area (Å²) in [6.07, 6.45) is 1.67. The molecule has 0 aliphatic rings. The highest BCUT2D eigenvalue weighted by molar-refractivity contribution is 9.10. The fourth-order valence-corrected chi connectivity index (χ4v) is 2.32. The zero-order valence-electron chi connectivity index (χ0n) is 11.8. The van der Waals surface area contributed by atoms with Gasteiger partial charge in [-0.2, -0.15) is 0 Å². The molecule has 1 atom stereocenters. The Morgan fingerprint density at radius 2 is 1.95 bits per heavy atom. The number of hydrogen-bond acceptors (Lipinski definition) is 4. The topological polar surface area (TPSA) is 60.2 Å². The smallest absolute Gasteiger partial charge is 0.141 e. The monoisotopic (exact) mass is 335 g/mol. The van der Waals surface area contributed by atoms with Crippen molar-refractivity contribution in [3.8, 4) is 5.75 Å². The first kappa shape index (κ1) is 14.7. The van der Waals surface area contributed by atoms with Crippen LogP contribution in [0.1, 0.15) is 24.1 Å². The van der Waals surface area contributed by atoms with Crippen LogP contribution in [0.15, 0.2) is 34.9 Å². The van der Waals surface area contributed by atoms with Gasteiger partial charge in [0.05, 0.1) is 23.5 Å². The number of aromatic nitrogens is 1. The number of ether oxygens (including phenoxy) is 1. The maximum absolute atomic E-state index is 5.83. The van der Waals surface area contributed by atoms with E-state index in [1.807, 2.05) is 31.2 Å². The molecule has 0 fully saturated rings. The molecule has 5 heteroatoms. The summed E-state index contributed by atoms with van der Waals surface area (Å²) in [5, 5.41) is 3.38. The largest absolute Gasteiger partial charge is 0.497 e. The van der Waals surface area contributed by atoms with Crippen molar-refractivity contribution in [2.24, 2.45) is 0 Å². The molecular weight excluding hydrogens is 318 g/mol. The van der Waals surface area contributed by atoms with E-state index in [0.29, 0.717) is 5.69 Å². The van der Waals surface area contributed by atoms with Crippen LogP contribution in [0, 0.1) is 6.92 Å². The molecule has 0 aliphatic carbocycles. The quantitative estimate of drug-likeness (QED) is 0.889. The molecule has 106 valence electrons. The van der Waals surface area contributed by atoms with E-state index in [4.69, 9.17) is 10.5 Å². The molecule has 1 unspecified atom stereocenters. The van der Waals surface area contributed by atoms with Gasteiger partial charge in [0.1, 0.15) is 11.6 Å². The number of methoxy groups -OCH3 is 1. The van der Waals surface area contributed by atoms with E-state index >= 15 is 0 Å². The van der Waals surface area contributed by atoms with E-state index in [-0.39, 0.29) is 6.04 Å². The molecule has 4 nitrogen and oxygen atoms in total. The summed E-state index contributed by atoms with van der Waals surface area (Å²) in [5.74, 6) is 1.64. The maximum Gasteiger partial charge on any atom is 0.141 e. The van der Waals surface area contributed by atoms with Crippen molar-refractivity contribution in [2.75, 3.05) is 18.2 Å². The minimum absolute atomic E-state index is 0.132. The summed E-state index contributed by atoms with van der Waals surface area (Å²) in [7, 11) is 1.66. The number of nitrogens with two attached hydrogens (primary N) is 1. The Hall–Kier alpha value is -1.75. The molecule has 20 heavy (non-hydrogen) atoms. The molecule has 1 heterocycles. The van der Waals surface area contributed by atoms with Gasteiger partial charge >= 0.3 is 0 Å². The Bertz CT molecular complexity index is 599. The van der Waals surface area contributed by atoms with Gasteiger partial charge < -0.3 is 15.8 Å². The van der Waals surface area contributed by atoms with Crippen LogP contribution in [0.3, 0.4) is 0 Å². The Kier molecular flexibility index (Phi) is 4.49. The number of nitrogens with zero attached hydrogens (tertiary/aromatic N) is 1. The summed E-state index contributed by atoms with van der Waals surface area (Å²) in [5.41, 5.74) is 8.66. The van der Waals surface area contributed by atoms with Gasteiger partial charge in [-0.05, 0) is 53.0 Å². The Morgan fingerprint density at radius 1 is 1.30 bits per heavy atom. The summed E-state index contributed by atoms with van der Waals surface area (Å²) >= 11 is 3.53. The van der Waals surface area contributed by atoms with Gasteiger partial charge in [-0.1, -0.05) is 12.1 Å². The number of benzene rings is 1. The zero-order chi connectivity index (χ0) is 14.7. The molecule has 0 spiro atoms. The third kappa shape index (κ3) is 3.04. The molecular formula is C15H18BrN3O. The van der Waals surface area contributed by atoms with Crippen molar-refractivity contribution in [3.05, 3.63) is 46.1 Å². The summed E-state index contributed by atoms with van der Waals surface area (Å²) in [4.78, 5) is 4.33. The van der Waals surface area contributed by atoms with Gasteiger partial charge in [0, 0.05) is 6.04 Å². The van der Waals surface area contributed by atoms with Gasteiger partial charge in [0.2, 0.25) is 0 Å². The van der Waals surface area contributed by atoms with Crippen molar-refractivity contribution >= 4 is 27.4 Å². The lowest BCUT2D eigenvalue weighted by Crippen LogP contribution is -2.09. The van der Waals surface area contributed by atoms with Crippen LogP contribution in [-0.4, -0.2) is 12.1 Å². The van der Waals surface area contributed by atoms with Crippen molar-refractivity contribution in [2.45, 2.75) is 19.9 Å². The lowest BCUT2D eigenvalue weighted by molar-refractivity contribution is 0.414. The van der Waals surface area contributed by atoms with Crippen molar-refractivity contribution in [1.29, 1.82) is 0 Å². The van der Waals surface area contributed by atoms with Crippen LogP contribution in [-0.2, 0) is 0 Å². The van der Waals surface area contributed by atoms with E-state index in [1.165, 1.54) is 0 Å². The normalized spacial score (nSPS) is 12.0. The average molecular weight is 336 g/mol. The van der Waals surface area contributed by atoms with Gasteiger partial charge in [-0.15, -0.1) is 0 Å². The van der Waals surface area contributed by atoms with Crippen molar-refractivity contribution in [3.63, 3.8) is 0 Å². The highest BCUT2D eigenvalue weighted by Crippen LogP contribution is 2.30. The standard InChI is InChI=1S/C15H18BrN3O/c1-9-13(17)8-18-15(14(9)16)19-10(2)11-4-6-12(20-3)7-5-11/h4-8,10H,17H2,1-3H3,(H,18,19). The summed E-state index contributed by atoms with van der Waals surface area (Å²) in [6.45, 7) is 4.05. The van der Waals surface area contributed by atoms with Gasteiger partial charge in [-0.3, -0.25) is 0 Å². The van der Waals surface area contributed by atoms with Crippen LogP contribution in [0.25, 0.3) is 0 Å². The first-order valence-corrected chi connectivity index (χ1v) is 7.13. The van der Waals surface area contributed by atoms with Gasteiger partial charge in [0.15, 0.2) is 0 Å². The summed E-state index contributed by atoms with van der Waals surface area (Å²) < 4.78 is 6.06. The number of hydrogen-bond donors (Lipinski definition) is 2. The van der Waals surface area contributed by atoms with Crippen LogP contribution in [0.2, 0.25) is 0 Å². The Balaban J connectivity index is 2.18. The second-order valence-electron chi connectivity index (χ2n) is 4.64. The highest BCUT2D eigenvalue weighted by Gasteiger charge is 2.11. The average Bonchev–Trinajstić information content (AvgIpc) is 2.48. The number of anilines is 2. The Labute approximate surface area is 127 Å². The first-order chi connectivity index (χ1) is 9.52. The molecule has 0 saturated carbocycles. The predicted octanol–water partition coefficient (Wildman–Crippen LogP) is 3.92. The number of pyridine rings is 1. The number of nitrogen functional groups attached to an aromatic ring is 1. The first-order valence-electron chi connectivity index (χ1n) is 6.34. The molecule has 2 aromatic rings. The predicted molar refractivity (Wildman–Crippen MR) is 86.1 cm³/mol. The lowest BCUT2D eigenvalue weighted by atomic mass is 10.1. The van der Waals surface area contributed by atoms with Crippen LogP contribution >= 0.6 is 15.9 Å². The molecule has 0 aliphatic heterocycles. The number of rotatable bonds is 4. The molecule has 1 aromatic carbocycles. The Morgan fingerprint density at radius 3 is 2.55 bits per heavy atom. The van der Waals surface area contributed by atoms with E-state index in [0.717, 1.165) is 27.2 Å². The fraction of sp³-hybridized carbons (Fsp3) is 0.267. The zero-order valence-corrected chi connectivity index (χ0v) is 13.4. The molecule has 2 rings (SSSR count). The van der Waals surface area contributed by atoms with E-state index in [9.17, 15) is 0 Å².